The number of amides is 1. The number of nitrogens with zero attached hydrogens (tertiary/aromatic N) is 1. The van der Waals surface area contributed by atoms with Crippen LogP contribution in [0.1, 0.15) is 16.7 Å². The number of benzene rings is 3. The summed E-state index contributed by atoms with van der Waals surface area (Å²) in [6.07, 6.45) is 0. The zero-order valence-electron chi connectivity index (χ0n) is 31.7. The molecule has 0 fully saturated rings. The van der Waals surface area contributed by atoms with Crippen LogP contribution in [0.25, 0.3) is 0 Å². The molecule has 0 saturated carbocycles. The van der Waals surface area contributed by atoms with Crippen LogP contribution >= 0.6 is 0 Å². The van der Waals surface area contributed by atoms with Crippen molar-refractivity contribution in [2.24, 2.45) is 0 Å². The van der Waals surface area contributed by atoms with Crippen molar-refractivity contribution < 1.29 is 61.6 Å². The number of carbonyl (C=O) groups excluding carboxylic acids is 1. The van der Waals surface area contributed by atoms with E-state index in [0.29, 0.717) is 153 Å². The molecule has 0 saturated heterocycles. The first-order valence-corrected chi connectivity index (χ1v) is 19.0. The molecule has 300 valence electrons. The van der Waals surface area contributed by atoms with Crippen molar-refractivity contribution in [3.8, 4) is 23.0 Å². The Kier molecular flexibility index (Phi) is 16.2. The average molecular weight is 768 g/mol. The van der Waals surface area contributed by atoms with Crippen LogP contribution in [0.3, 0.4) is 0 Å². The van der Waals surface area contributed by atoms with Crippen LogP contribution in [-0.2, 0) is 48.1 Å². The largest absolute Gasteiger partial charge is 0.487 e. The van der Waals surface area contributed by atoms with E-state index in [1.165, 1.54) is 0 Å². The smallest absolute Gasteiger partial charge is 0.246 e. The molecule has 3 aromatic rings. The maximum absolute atomic E-state index is 14.9. The highest BCUT2D eigenvalue weighted by Crippen LogP contribution is 2.52. The summed E-state index contributed by atoms with van der Waals surface area (Å²) in [6, 6.07) is 19.1. The highest BCUT2D eigenvalue weighted by atomic mass is 16.6. The molecule has 55 heavy (non-hydrogen) atoms. The number of fused-ring (bicyclic) bond motifs is 3. The molecule has 0 unspecified atom stereocenters. The van der Waals surface area contributed by atoms with Crippen molar-refractivity contribution in [3.05, 3.63) is 77.4 Å². The molecule has 14 nitrogen and oxygen atoms in total. The zero-order chi connectivity index (χ0) is 38.0. The number of carbonyl (C=O) groups is 1. The Labute approximate surface area is 322 Å². The van der Waals surface area contributed by atoms with Crippen LogP contribution in [-0.4, -0.2) is 145 Å². The number of ether oxygens (including phenoxy) is 12. The van der Waals surface area contributed by atoms with Gasteiger partial charge >= 0.3 is 0 Å². The first-order chi connectivity index (χ1) is 27.2. The van der Waals surface area contributed by atoms with Gasteiger partial charge in [0.25, 0.3) is 0 Å². The second-order valence-electron chi connectivity index (χ2n) is 12.7. The molecular formula is C41H53NO13. The fourth-order valence-corrected chi connectivity index (χ4v) is 6.60. The monoisotopic (exact) mass is 767 g/mol. The third-order valence-corrected chi connectivity index (χ3v) is 9.22. The predicted molar refractivity (Wildman–Crippen MR) is 201 cm³/mol. The van der Waals surface area contributed by atoms with Crippen molar-refractivity contribution in [1.29, 1.82) is 0 Å². The summed E-state index contributed by atoms with van der Waals surface area (Å²) >= 11 is 0. The van der Waals surface area contributed by atoms with E-state index < -0.39 is 5.41 Å². The van der Waals surface area contributed by atoms with Crippen molar-refractivity contribution in [1.82, 2.24) is 0 Å². The molecule has 3 aliphatic rings. The van der Waals surface area contributed by atoms with Crippen LogP contribution in [0.15, 0.2) is 60.7 Å². The lowest BCUT2D eigenvalue weighted by Gasteiger charge is -2.31. The molecule has 0 atom stereocenters. The van der Waals surface area contributed by atoms with E-state index >= 15 is 0 Å². The van der Waals surface area contributed by atoms with Gasteiger partial charge in [-0.1, -0.05) is 30.3 Å². The highest BCUT2D eigenvalue weighted by Gasteiger charge is 2.53. The Hall–Kier alpha value is -3.99. The minimum atomic E-state index is -1.27. The normalized spacial score (nSPS) is 20.6. The van der Waals surface area contributed by atoms with Gasteiger partial charge in [0, 0.05) is 18.3 Å². The lowest BCUT2D eigenvalue weighted by molar-refractivity contribution is -0.120. The Bertz CT molecular complexity index is 1540. The van der Waals surface area contributed by atoms with Gasteiger partial charge in [-0.25, -0.2) is 0 Å². The van der Waals surface area contributed by atoms with Crippen LogP contribution < -0.4 is 23.8 Å². The fourth-order valence-electron chi connectivity index (χ4n) is 6.60. The maximum Gasteiger partial charge on any atom is 0.246 e. The third-order valence-electron chi connectivity index (χ3n) is 9.22. The quantitative estimate of drug-likeness (QED) is 0.377. The summed E-state index contributed by atoms with van der Waals surface area (Å²) < 4.78 is 70.2. The van der Waals surface area contributed by atoms with Gasteiger partial charge in [-0.15, -0.1) is 0 Å². The molecule has 0 N–H and O–H groups in total. The van der Waals surface area contributed by atoms with Crippen LogP contribution in [0, 0.1) is 0 Å². The molecule has 1 amide bonds. The van der Waals surface area contributed by atoms with E-state index in [-0.39, 0.29) is 19.1 Å². The van der Waals surface area contributed by atoms with Gasteiger partial charge in [-0.3, -0.25) is 4.79 Å². The fraction of sp³-hybridized carbons (Fsp3) is 0.537. The molecule has 3 aliphatic heterocycles. The lowest BCUT2D eigenvalue weighted by atomic mass is 9.70. The second kappa shape index (κ2) is 21.9. The maximum atomic E-state index is 14.9. The van der Waals surface area contributed by atoms with Crippen molar-refractivity contribution >= 4 is 11.6 Å². The van der Waals surface area contributed by atoms with E-state index in [1.54, 1.807) is 11.9 Å². The molecule has 3 aromatic carbocycles. The average Bonchev–Trinajstić information content (AvgIpc) is 3.43. The number of likely N-dealkylation sites (N-methyl/N-ethyl adjacent to an activating group) is 1. The molecule has 6 rings (SSSR count). The van der Waals surface area contributed by atoms with Crippen LogP contribution in [0.4, 0.5) is 5.69 Å². The summed E-state index contributed by atoms with van der Waals surface area (Å²) in [5, 5.41) is 0. The van der Waals surface area contributed by atoms with Gasteiger partial charge in [0.1, 0.15) is 31.8 Å². The first kappa shape index (κ1) is 40.7. The Morgan fingerprint density at radius 1 is 0.418 bits per heavy atom. The van der Waals surface area contributed by atoms with Gasteiger partial charge in [0.05, 0.1) is 106 Å². The zero-order valence-corrected chi connectivity index (χ0v) is 31.7. The SMILES string of the molecule is CN1C(=O)C(c2ccc3c(c2)OCCOCCOCCOCCOCCO3)(c2ccc3c(c2)OCCOCCOCCOCCOCCO3)c2ccccc21. The number of rotatable bonds is 2. The molecule has 0 aromatic heterocycles. The van der Waals surface area contributed by atoms with Gasteiger partial charge in [0.15, 0.2) is 23.0 Å². The van der Waals surface area contributed by atoms with E-state index in [9.17, 15) is 4.79 Å². The molecule has 0 bridgehead atoms. The van der Waals surface area contributed by atoms with Crippen LogP contribution in [0.2, 0.25) is 0 Å². The summed E-state index contributed by atoms with van der Waals surface area (Å²) in [6.45, 7) is 7.97. The third kappa shape index (κ3) is 10.9. The van der Waals surface area contributed by atoms with Crippen LogP contribution in [0.5, 0.6) is 23.0 Å². The molecule has 0 aliphatic carbocycles. The van der Waals surface area contributed by atoms with Gasteiger partial charge < -0.3 is 61.7 Å². The molecule has 3 heterocycles. The second-order valence-corrected chi connectivity index (χ2v) is 12.7. The Balaban J connectivity index is 1.34. The number of para-hydroxylation sites is 1. The Morgan fingerprint density at radius 3 is 1.13 bits per heavy atom. The highest BCUT2D eigenvalue weighted by molar-refractivity contribution is 6.12. The summed E-state index contributed by atoms with van der Waals surface area (Å²) in [5.41, 5.74) is 1.74. The van der Waals surface area contributed by atoms with E-state index in [2.05, 4.69) is 0 Å². The minimum Gasteiger partial charge on any atom is -0.487 e. The summed E-state index contributed by atoms with van der Waals surface area (Å²) in [4.78, 5) is 16.6. The number of hydrogen-bond donors (Lipinski definition) is 0. The van der Waals surface area contributed by atoms with E-state index in [0.717, 1.165) is 11.3 Å². The van der Waals surface area contributed by atoms with Gasteiger partial charge in [-0.2, -0.15) is 0 Å². The standard InChI is InChI=1S/C41H53NO13/c1-42-35-5-3-2-4-34(35)41(40(42)43,32-6-8-36-38(30-32)54-28-24-50-20-16-46-12-10-44-14-18-48-22-26-52-36)33-7-9-37-39(31-33)55-29-25-51-21-17-47-13-11-45-15-19-49-23-27-53-37/h2-9,30-31H,10-29H2,1H3. The number of hydrogen-bond acceptors (Lipinski definition) is 13. The number of anilines is 1. The lowest BCUT2D eigenvalue weighted by Crippen LogP contribution is -2.40. The summed E-state index contributed by atoms with van der Waals surface area (Å²) in [7, 11) is 1.79. The Morgan fingerprint density at radius 2 is 0.745 bits per heavy atom. The van der Waals surface area contributed by atoms with E-state index in [4.69, 9.17) is 56.8 Å². The molecular weight excluding hydrogens is 714 g/mol. The molecule has 0 radical (unpaired) electrons. The molecule has 0 spiro atoms. The summed E-state index contributed by atoms with van der Waals surface area (Å²) in [5.74, 6) is 1.86. The van der Waals surface area contributed by atoms with Gasteiger partial charge in [-0.05, 0) is 41.5 Å². The van der Waals surface area contributed by atoms with E-state index in [1.807, 2.05) is 60.7 Å². The van der Waals surface area contributed by atoms with Crippen molar-refractivity contribution in [3.63, 3.8) is 0 Å². The molecule has 14 heteroatoms. The minimum absolute atomic E-state index is 0.131. The topological polar surface area (TPSA) is 131 Å². The predicted octanol–water partition coefficient (Wildman–Crippen LogP) is 3.67. The van der Waals surface area contributed by atoms with Gasteiger partial charge in [0.2, 0.25) is 5.91 Å². The van der Waals surface area contributed by atoms with Crippen molar-refractivity contribution in [2.75, 3.05) is 144 Å². The first-order valence-electron chi connectivity index (χ1n) is 19.0. The van der Waals surface area contributed by atoms with Crippen molar-refractivity contribution in [2.45, 2.75) is 5.41 Å².